The Morgan fingerprint density at radius 1 is 1.09 bits per heavy atom. The van der Waals surface area contributed by atoms with Crippen LogP contribution in [0.3, 0.4) is 0 Å². The van der Waals surface area contributed by atoms with Gasteiger partial charge in [-0.05, 0) is 24.6 Å². The Morgan fingerprint density at radius 3 is 2.70 bits per heavy atom. The van der Waals surface area contributed by atoms with Gasteiger partial charge in [-0.25, -0.2) is 9.97 Å². The lowest BCUT2D eigenvalue weighted by atomic mass is 10.1. The number of anilines is 3. The van der Waals surface area contributed by atoms with E-state index < -0.39 is 0 Å². The van der Waals surface area contributed by atoms with Crippen LogP contribution in [0, 0.1) is 10.1 Å². The fourth-order valence-corrected chi connectivity index (χ4v) is 3.91. The van der Waals surface area contributed by atoms with E-state index in [0.29, 0.717) is 35.5 Å². The van der Waals surface area contributed by atoms with Crippen LogP contribution in [0.4, 0.5) is 22.9 Å². The third-order valence-electron chi connectivity index (χ3n) is 5.63. The number of hydrogen-bond donors (Lipinski definition) is 3. The molecule has 0 bridgehead atoms. The van der Waals surface area contributed by atoms with Gasteiger partial charge in [0.25, 0.3) is 5.69 Å². The Bertz CT molecular complexity index is 1100. The number of hydrogen-bond acceptors (Lipinski definition) is 9. The topological polar surface area (TPSA) is 117 Å². The quantitative estimate of drug-likeness (QED) is 0.315. The molecular formula is C23H29N7O3. The van der Waals surface area contributed by atoms with E-state index in [1.165, 1.54) is 12.4 Å². The van der Waals surface area contributed by atoms with Crippen LogP contribution in [0.1, 0.15) is 12.5 Å². The molecule has 3 N–H and O–H groups in total. The standard InChI is InChI=1S/C23H29N7O3/c1-2-24-21-14-20-18(13-22(21)30(31)32)23(28-16-27-20)26-15-17-5-3-4-6-19(17)25-7-8-29-9-11-33-12-10-29/h3-6,13-14,16,24-25H,2,7-12,15H2,1H3,(H,26,27,28). The zero-order valence-corrected chi connectivity index (χ0v) is 18.7. The molecule has 3 aromatic rings. The number of nitro groups is 1. The van der Waals surface area contributed by atoms with Crippen LogP contribution >= 0.6 is 0 Å². The lowest BCUT2D eigenvalue weighted by Gasteiger charge is -2.26. The Kier molecular flexibility index (Phi) is 7.48. The fourth-order valence-electron chi connectivity index (χ4n) is 3.91. The molecule has 2 aromatic carbocycles. The summed E-state index contributed by atoms with van der Waals surface area (Å²) in [4.78, 5) is 22.2. The summed E-state index contributed by atoms with van der Waals surface area (Å²) in [7, 11) is 0. The van der Waals surface area contributed by atoms with Crippen molar-refractivity contribution in [1.82, 2.24) is 14.9 Å². The lowest BCUT2D eigenvalue weighted by Crippen LogP contribution is -2.39. The van der Waals surface area contributed by atoms with Gasteiger partial charge >= 0.3 is 0 Å². The van der Waals surface area contributed by atoms with Crippen molar-refractivity contribution in [3.63, 3.8) is 0 Å². The first-order chi connectivity index (χ1) is 16.2. The van der Waals surface area contributed by atoms with Crippen LogP contribution in [0.2, 0.25) is 0 Å². The van der Waals surface area contributed by atoms with E-state index in [1.807, 2.05) is 19.1 Å². The smallest absolute Gasteiger partial charge is 0.293 e. The molecular weight excluding hydrogens is 422 g/mol. The highest BCUT2D eigenvalue weighted by molar-refractivity contribution is 5.94. The van der Waals surface area contributed by atoms with Crippen molar-refractivity contribution in [2.75, 3.05) is 61.9 Å². The van der Waals surface area contributed by atoms with E-state index in [0.717, 1.165) is 50.6 Å². The number of nitro benzene ring substituents is 1. The first-order valence-corrected chi connectivity index (χ1v) is 11.2. The van der Waals surface area contributed by atoms with Crippen molar-refractivity contribution in [3.8, 4) is 0 Å². The molecule has 10 heteroatoms. The van der Waals surface area contributed by atoms with Crippen molar-refractivity contribution in [2.24, 2.45) is 0 Å². The summed E-state index contributed by atoms with van der Waals surface area (Å²) < 4.78 is 5.41. The molecule has 0 unspecified atom stereocenters. The molecule has 0 spiro atoms. The number of nitrogens with one attached hydrogen (secondary N) is 3. The minimum Gasteiger partial charge on any atom is -0.383 e. The van der Waals surface area contributed by atoms with Crippen LogP contribution in [0.25, 0.3) is 10.9 Å². The van der Waals surface area contributed by atoms with E-state index in [-0.39, 0.29) is 10.6 Å². The van der Waals surface area contributed by atoms with E-state index in [4.69, 9.17) is 4.74 Å². The van der Waals surface area contributed by atoms with Crippen LogP contribution in [-0.2, 0) is 11.3 Å². The predicted molar refractivity (Wildman–Crippen MR) is 130 cm³/mol. The molecule has 174 valence electrons. The molecule has 2 heterocycles. The van der Waals surface area contributed by atoms with Crippen LogP contribution in [-0.4, -0.2) is 65.7 Å². The molecule has 1 aliphatic heterocycles. The number of aromatic nitrogens is 2. The van der Waals surface area contributed by atoms with Crippen LogP contribution < -0.4 is 16.0 Å². The molecule has 1 saturated heterocycles. The average molecular weight is 452 g/mol. The van der Waals surface area contributed by atoms with Crippen molar-refractivity contribution < 1.29 is 9.66 Å². The number of ether oxygens (including phenoxy) is 1. The molecule has 0 radical (unpaired) electrons. The second kappa shape index (κ2) is 10.9. The molecule has 10 nitrogen and oxygen atoms in total. The highest BCUT2D eigenvalue weighted by Gasteiger charge is 2.17. The van der Waals surface area contributed by atoms with Crippen molar-refractivity contribution in [1.29, 1.82) is 0 Å². The minimum absolute atomic E-state index is 0.00683. The van der Waals surface area contributed by atoms with Crippen molar-refractivity contribution in [3.05, 3.63) is 58.4 Å². The first-order valence-electron chi connectivity index (χ1n) is 11.2. The van der Waals surface area contributed by atoms with Crippen molar-refractivity contribution >= 4 is 33.8 Å². The molecule has 4 rings (SSSR count). The maximum absolute atomic E-state index is 11.6. The van der Waals surface area contributed by atoms with Gasteiger partial charge in [-0.15, -0.1) is 0 Å². The lowest BCUT2D eigenvalue weighted by molar-refractivity contribution is -0.383. The molecule has 0 saturated carbocycles. The van der Waals surface area contributed by atoms with E-state index in [2.05, 4.69) is 43.0 Å². The summed E-state index contributed by atoms with van der Waals surface area (Å²) in [5.74, 6) is 0.564. The van der Waals surface area contributed by atoms with Gasteiger partial charge in [-0.1, -0.05) is 18.2 Å². The Morgan fingerprint density at radius 2 is 1.91 bits per heavy atom. The van der Waals surface area contributed by atoms with E-state index >= 15 is 0 Å². The van der Waals surface area contributed by atoms with E-state index in [9.17, 15) is 10.1 Å². The molecule has 0 amide bonds. The number of morpholine rings is 1. The average Bonchev–Trinajstić information content (AvgIpc) is 2.83. The number of para-hydroxylation sites is 1. The molecule has 33 heavy (non-hydrogen) atoms. The normalized spacial score (nSPS) is 14.2. The largest absolute Gasteiger partial charge is 0.383 e. The molecule has 0 atom stereocenters. The summed E-state index contributed by atoms with van der Waals surface area (Å²) >= 11 is 0. The second-order valence-corrected chi connectivity index (χ2v) is 7.79. The summed E-state index contributed by atoms with van der Waals surface area (Å²) in [5.41, 5.74) is 3.25. The van der Waals surface area contributed by atoms with Gasteiger partial charge in [0.05, 0.1) is 23.7 Å². The molecule has 0 aliphatic carbocycles. The van der Waals surface area contributed by atoms with E-state index in [1.54, 1.807) is 6.07 Å². The predicted octanol–water partition coefficient (Wildman–Crippen LogP) is 3.33. The van der Waals surface area contributed by atoms with Crippen LogP contribution in [0.5, 0.6) is 0 Å². The van der Waals surface area contributed by atoms with Gasteiger partial charge in [0, 0.05) is 56.4 Å². The third-order valence-corrected chi connectivity index (χ3v) is 5.63. The third kappa shape index (κ3) is 5.65. The van der Waals surface area contributed by atoms with Gasteiger partial charge in [-0.2, -0.15) is 0 Å². The Labute approximate surface area is 192 Å². The van der Waals surface area contributed by atoms with Gasteiger partial charge in [-0.3, -0.25) is 15.0 Å². The maximum Gasteiger partial charge on any atom is 0.293 e. The second-order valence-electron chi connectivity index (χ2n) is 7.79. The SMILES string of the molecule is CCNc1cc2ncnc(NCc3ccccc3NCCN3CCOCC3)c2cc1[N+](=O)[O-]. The van der Waals surface area contributed by atoms with Gasteiger partial charge in [0.1, 0.15) is 17.8 Å². The van der Waals surface area contributed by atoms with Crippen molar-refractivity contribution in [2.45, 2.75) is 13.5 Å². The molecule has 1 aliphatic rings. The Hall–Kier alpha value is -3.50. The number of nitrogens with zero attached hydrogens (tertiary/aromatic N) is 4. The molecule has 1 fully saturated rings. The maximum atomic E-state index is 11.6. The molecule has 1 aromatic heterocycles. The van der Waals surface area contributed by atoms with Gasteiger partial charge in [0.15, 0.2) is 0 Å². The summed E-state index contributed by atoms with van der Waals surface area (Å²) in [6.07, 6.45) is 1.47. The zero-order valence-electron chi connectivity index (χ0n) is 18.7. The number of rotatable bonds is 10. The van der Waals surface area contributed by atoms with Crippen LogP contribution in [0.15, 0.2) is 42.7 Å². The number of benzene rings is 2. The summed E-state index contributed by atoms with van der Waals surface area (Å²) in [6.45, 7) is 8.32. The highest BCUT2D eigenvalue weighted by atomic mass is 16.6. The number of fused-ring (bicyclic) bond motifs is 1. The zero-order chi connectivity index (χ0) is 23.0. The Balaban J connectivity index is 1.48. The minimum atomic E-state index is -0.387. The fraction of sp³-hybridized carbons (Fsp3) is 0.391. The van der Waals surface area contributed by atoms with Gasteiger partial charge < -0.3 is 20.7 Å². The van der Waals surface area contributed by atoms with Gasteiger partial charge in [0.2, 0.25) is 0 Å². The first kappa shape index (κ1) is 22.7. The highest BCUT2D eigenvalue weighted by Crippen LogP contribution is 2.32. The summed E-state index contributed by atoms with van der Waals surface area (Å²) in [5, 5.41) is 22.1. The monoisotopic (exact) mass is 451 g/mol. The summed E-state index contributed by atoms with van der Waals surface area (Å²) in [6, 6.07) is 11.3.